The van der Waals surface area contributed by atoms with Crippen LogP contribution in [0.1, 0.15) is 47.4 Å². The summed E-state index contributed by atoms with van der Waals surface area (Å²) >= 11 is 0. The van der Waals surface area contributed by atoms with Crippen LogP contribution in [0.25, 0.3) is 11.2 Å². The number of hydrogen-bond donors (Lipinski definition) is 0. The summed E-state index contributed by atoms with van der Waals surface area (Å²) in [5.74, 6) is -0.392. The molecule has 2 aromatic heterocycles. The highest BCUT2D eigenvalue weighted by Crippen LogP contribution is 2.27. The lowest BCUT2D eigenvalue weighted by Gasteiger charge is -2.27. The number of benzene rings is 1. The summed E-state index contributed by atoms with van der Waals surface area (Å²) in [4.78, 5) is 35.1. The molecule has 132 valence electrons. The number of hydrogen-bond acceptors (Lipinski definition) is 4. The van der Waals surface area contributed by atoms with Gasteiger partial charge in [-0.15, -0.1) is 0 Å². The Bertz CT molecular complexity index is 971. The standard InChI is InChI=1S/C20H20N4O2/c1-20(2,24-13-22-16-9-5-11-21-17(16)24)10-6-12-23-18(25)14-7-3-4-8-15(14)19(23)26/h3-5,7-9,11,13H,6,10,12H2,1-2H3. The fourth-order valence-electron chi connectivity index (χ4n) is 3.52. The molecule has 0 saturated heterocycles. The Balaban J connectivity index is 1.46. The van der Waals surface area contributed by atoms with E-state index in [1.165, 1.54) is 4.90 Å². The van der Waals surface area contributed by atoms with E-state index in [9.17, 15) is 9.59 Å². The Morgan fingerprint density at radius 1 is 0.962 bits per heavy atom. The quantitative estimate of drug-likeness (QED) is 0.664. The van der Waals surface area contributed by atoms with E-state index >= 15 is 0 Å². The third-order valence-electron chi connectivity index (χ3n) is 5.01. The van der Waals surface area contributed by atoms with E-state index in [0.717, 1.165) is 17.6 Å². The Morgan fingerprint density at radius 2 is 1.65 bits per heavy atom. The monoisotopic (exact) mass is 348 g/mol. The van der Waals surface area contributed by atoms with Gasteiger partial charge in [0, 0.05) is 18.3 Å². The fourth-order valence-corrected chi connectivity index (χ4v) is 3.52. The van der Waals surface area contributed by atoms with E-state index < -0.39 is 0 Å². The lowest BCUT2D eigenvalue weighted by atomic mass is 9.98. The number of nitrogens with zero attached hydrogens (tertiary/aromatic N) is 4. The van der Waals surface area contributed by atoms with Crippen LogP contribution in [0.3, 0.4) is 0 Å². The van der Waals surface area contributed by atoms with Crippen LogP contribution in [0.2, 0.25) is 0 Å². The zero-order valence-corrected chi connectivity index (χ0v) is 14.8. The van der Waals surface area contributed by atoms with Gasteiger partial charge in [0.2, 0.25) is 0 Å². The Kier molecular flexibility index (Phi) is 3.83. The molecule has 0 N–H and O–H groups in total. The molecular formula is C20H20N4O2. The normalized spacial score (nSPS) is 14.3. The largest absolute Gasteiger partial charge is 0.310 e. The van der Waals surface area contributed by atoms with Gasteiger partial charge in [-0.2, -0.15) is 0 Å². The molecule has 1 aromatic carbocycles. The summed E-state index contributed by atoms with van der Waals surface area (Å²) in [7, 11) is 0. The van der Waals surface area contributed by atoms with Crippen molar-refractivity contribution in [2.75, 3.05) is 6.54 Å². The number of fused-ring (bicyclic) bond motifs is 2. The maximum absolute atomic E-state index is 12.4. The number of imidazole rings is 1. The van der Waals surface area contributed by atoms with Crippen molar-refractivity contribution in [3.05, 3.63) is 60.0 Å². The van der Waals surface area contributed by atoms with Gasteiger partial charge in [0.05, 0.1) is 17.5 Å². The molecule has 3 heterocycles. The molecule has 2 amide bonds. The lowest BCUT2D eigenvalue weighted by molar-refractivity contribution is 0.0647. The molecule has 3 aromatic rings. The lowest BCUT2D eigenvalue weighted by Crippen LogP contribution is -2.33. The van der Waals surface area contributed by atoms with Gasteiger partial charge in [-0.05, 0) is 51.0 Å². The van der Waals surface area contributed by atoms with Crippen LogP contribution in [-0.2, 0) is 5.54 Å². The molecule has 0 saturated carbocycles. The Labute approximate surface area is 151 Å². The molecule has 1 aliphatic heterocycles. The summed E-state index contributed by atoms with van der Waals surface area (Å²) in [6, 6.07) is 10.8. The Hall–Kier alpha value is -3.02. The van der Waals surface area contributed by atoms with Crippen molar-refractivity contribution in [3.63, 3.8) is 0 Å². The predicted octanol–water partition coefficient (Wildman–Crippen LogP) is 3.24. The Morgan fingerprint density at radius 3 is 2.35 bits per heavy atom. The van der Waals surface area contributed by atoms with Gasteiger partial charge in [0.25, 0.3) is 11.8 Å². The number of imide groups is 1. The van der Waals surface area contributed by atoms with E-state index in [0.29, 0.717) is 24.1 Å². The van der Waals surface area contributed by atoms with Gasteiger partial charge < -0.3 is 4.57 Å². The van der Waals surface area contributed by atoms with Crippen molar-refractivity contribution in [1.82, 2.24) is 19.4 Å². The van der Waals surface area contributed by atoms with Gasteiger partial charge in [0.1, 0.15) is 5.52 Å². The first kappa shape index (κ1) is 16.4. The first-order valence-corrected chi connectivity index (χ1v) is 8.73. The molecule has 0 radical (unpaired) electrons. The van der Waals surface area contributed by atoms with E-state index in [-0.39, 0.29) is 17.4 Å². The molecule has 0 fully saturated rings. The highest BCUT2D eigenvalue weighted by Gasteiger charge is 2.35. The van der Waals surface area contributed by atoms with E-state index in [1.54, 1.807) is 36.8 Å². The summed E-state index contributed by atoms with van der Waals surface area (Å²) < 4.78 is 2.06. The molecule has 0 bridgehead atoms. The van der Waals surface area contributed by atoms with Crippen LogP contribution >= 0.6 is 0 Å². The smallest absolute Gasteiger partial charge is 0.261 e. The maximum Gasteiger partial charge on any atom is 0.261 e. The van der Waals surface area contributed by atoms with E-state index in [1.807, 2.05) is 12.1 Å². The van der Waals surface area contributed by atoms with Gasteiger partial charge in [0.15, 0.2) is 5.65 Å². The molecule has 0 aliphatic carbocycles. The molecule has 1 aliphatic rings. The molecule has 0 spiro atoms. The zero-order chi connectivity index (χ0) is 18.3. The van der Waals surface area contributed by atoms with Crippen LogP contribution in [0.5, 0.6) is 0 Å². The summed E-state index contributed by atoms with van der Waals surface area (Å²) in [5, 5.41) is 0. The van der Waals surface area contributed by atoms with Crippen molar-refractivity contribution in [2.45, 2.75) is 32.2 Å². The molecular weight excluding hydrogens is 328 g/mol. The van der Waals surface area contributed by atoms with Crippen LogP contribution in [-0.4, -0.2) is 37.8 Å². The maximum atomic E-state index is 12.4. The van der Waals surface area contributed by atoms with Gasteiger partial charge >= 0.3 is 0 Å². The van der Waals surface area contributed by atoms with Crippen molar-refractivity contribution < 1.29 is 9.59 Å². The third kappa shape index (κ3) is 2.58. The molecule has 0 atom stereocenters. The second-order valence-corrected chi connectivity index (χ2v) is 7.18. The molecule has 0 unspecified atom stereocenters. The number of carbonyl (C=O) groups excluding carboxylic acids is 2. The molecule has 26 heavy (non-hydrogen) atoms. The average molecular weight is 348 g/mol. The van der Waals surface area contributed by atoms with Crippen LogP contribution in [0.4, 0.5) is 0 Å². The molecule has 6 heteroatoms. The van der Waals surface area contributed by atoms with E-state index in [4.69, 9.17) is 0 Å². The second kappa shape index (κ2) is 6.05. The number of aromatic nitrogens is 3. The van der Waals surface area contributed by atoms with Gasteiger partial charge in [-0.25, -0.2) is 9.97 Å². The van der Waals surface area contributed by atoms with Crippen molar-refractivity contribution in [2.24, 2.45) is 0 Å². The van der Waals surface area contributed by atoms with Crippen LogP contribution in [0, 0.1) is 0 Å². The van der Waals surface area contributed by atoms with E-state index in [2.05, 4.69) is 28.4 Å². The second-order valence-electron chi connectivity index (χ2n) is 7.18. The van der Waals surface area contributed by atoms with Crippen LogP contribution < -0.4 is 0 Å². The van der Waals surface area contributed by atoms with Crippen molar-refractivity contribution in [1.29, 1.82) is 0 Å². The fraction of sp³-hybridized carbons (Fsp3) is 0.300. The SMILES string of the molecule is CC(C)(CCCN1C(=O)c2ccccc2C1=O)n1cnc2cccnc21. The molecule has 4 rings (SSSR count). The minimum absolute atomic E-state index is 0.196. The minimum Gasteiger partial charge on any atom is -0.310 e. The van der Waals surface area contributed by atoms with Gasteiger partial charge in [-0.3, -0.25) is 14.5 Å². The average Bonchev–Trinajstić information content (AvgIpc) is 3.18. The zero-order valence-electron chi connectivity index (χ0n) is 14.8. The highest BCUT2D eigenvalue weighted by atomic mass is 16.2. The number of amides is 2. The first-order chi connectivity index (χ1) is 12.5. The minimum atomic E-state index is -0.220. The number of pyridine rings is 1. The summed E-state index contributed by atoms with van der Waals surface area (Å²) in [6.45, 7) is 4.65. The highest BCUT2D eigenvalue weighted by molar-refractivity contribution is 6.21. The summed E-state index contributed by atoms with van der Waals surface area (Å²) in [6.07, 6.45) is 5.07. The molecule has 6 nitrogen and oxygen atoms in total. The van der Waals surface area contributed by atoms with Gasteiger partial charge in [-0.1, -0.05) is 12.1 Å². The number of rotatable bonds is 5. The topological polar surface area (TPSA) is 68.1 Å². The first-order valence-electron chi connectivity index (χ1n) is 8.73. The van der Waals surface area contributed by atoms with Crippen molar-refractivity contribution in [3.8, 4) is 0 Å². The van der Waals surface area contributed by atoms with Crippen molar-refractivity contribution >= 4 is 23.0 Å². The third-order valence-corrected chi connectivity index (χ3v) is 5.01. The van der Waals surface area contributed by atoms with Crippen LogP contribution in [0.15, 0.2) is 48.9 Å². The predicted molar refractivity (Wildman–Crippen MR) is 97.9 cm³/mol. The number of carbonyl (C=O) groups is 2. The summed E-state index contributed by atoms with van der Waals surface area (Å²) in [5.41, 5.74) is 2.49.